The molecule has 0 aromatic heterocycles. The summed E-state index contributed by atoms with van der Waals surface area (Å²) in [5.74, 6) is -0.790. The Labute approximate surface area is 128 Å². The molecule has 0 saturated carbocycles. The maximum Gasteiger partial charge on any atom is 0.247 e. The van der Waals surface area contributed by atoms with Gasteiger partial charge < -0.3 is 10.2 Å². The Bertz CT molecular complexity index is 563. The Balaban J connectivity index is 2.17. The van der Waals surface area contributed by atoms with Crippen LogP contribution in [0.15, 0.2) is 18.2 Å². The summed E-state index contributed by atoms with van der Waals surface area (Å²) < 4.78 is 13.0. The number of nitrogens with zero attached hydrogens (tertiary/aromatic N) is 1. The number of likely N-dealkylation sites (tertiary alicyclic amines) is 1. The fourth-order valence-corrected chi connectivity index (χ4v) is 2.78. The van der Waals surface area contributed by atoms with E-state index >= 15 is 0 Å². The first kappa shape index (κ1) is 15.8. The highest BCUT2D eigenvalue weighted by Crippen LogP contribution is 2.25. The van der Waals surface area contributed by atoms with E-state index in [0.29, 0.717) is 18.7 Å². The largest absolute Gasteiger partial charge is 0.330 e. The molecule has 1 saturated heterocycles. The lowest BCUT2D eigenvalue weighted by Crippen LogP contribution is -2.48. The average Bonchev–Trinajstić information content (AvgIpc) is 2.79. The zero-order valence-corrected chi connectivity index (χ0v) is 12.8. The summed E-state index contributed by atoms with van der Waals surface area (Å²) in [6.07, 6.45) is 1.25. The van der Waals surface area contributed by atoms with Crippen LogP contribution < -0.4 is 5.32 Å². The van der Waals surface area contributed by atoms with Crippen LogP contribution in [0.4, 0.5) is 10.1 Å². The van der Waals surface area contributed by atoms with Gasteiger partial charge in [-0.25, -0.2) is 4.39 Å². The minimum absolute atomic E-state index is 0.00551. The van der Waals surface area contributed by atoms with E-state index in [-0.39, 0.29) is 22.8 Å². The van der Waals surface area contributed by atoms with Crippen molar-refractivity contribution in [2.24, 2.45) is 5.92 Å². The van der Waals surface area contributed by atoms with Crippen molar-refractivity contribution in [1.29, 1.82) is 0 Å². The average molecular weight is 313 g/mol. The highest BCUT2D eigenvalue weighted by molar-refractivity contribution is 6.33. The van der Waals surface area contributed by atoms with Gasteiger partial charge in [-0.15, -0.1) is 0 Å². The second-order valence-electron chi connectivity index (χ2n) is 5.49. The third-order valence-electron chi connectivity index (χ3n) is 3.53. The van der Waals surface area contributed by atoms with Crippen LogP contribution in [0.5, 0.6) is 0 Å². The number of carbonyl (C=O) groups excluding carboxylic acids is 2. The molecule has 0 bridgehead atoms. The van der Waals surface area contributed by atoms with Gasteiger partial charge >= 0.3 is 0 Å². The van der Waals surface area contributed by atoms with Gasteiger partial charge in [0.05, 0.1) is 10.7 Å². The van der Waals surface area contributed by atoms with Crippen molar-refractivity contribution in [2.75, 3.05) is 11.9 Å². The summed E-state index contributed by atoms with van der Waals surface area (Å²) in [6.45, 7) is 4.37. The Morgan fingerprint density at radius 3 is 2.67 bits per heavy atom. The number of benzene rings is 1. The summed E-state index contributed by atoms with van der Waals surface area (Å²) in [5, 5.41) is 2.82. The van der Waals surface area contributed by atoms with E-state index in [0.717, 1.165) is 12.5 Å². The van der Waals surface area contributed by atoms with Crippen LogP contribution in [0.1, 0.15) is 26.7 Å². The summed E-state index contributed by atoms with van der Waals surface area (Å²) in [4.78, 5) is 25.9. The molecule has 0 radical (unpaired) electrons. The fourth-order valence-electron chi connectivity index (χ4n) is 2.56. The van der Waals surface area contributed by atoms with Gasteiger partial charge in [-0.2, -0.15) is 0 Å². The summed E-state index contributed by atoms with van der Waals surface area (Å²) in [5.41, 5.74) is 0.348. The third-order valence-corrected chi connectivity index (χ3v) is 3.85. The van der Waals surface area contributed by atoms with Gasteiger partial charge in [0, 0.05) is 13.0 Å². The molecule has 2 amide bonds. The Hall–Kier alpha value is -1.62. The summed E-state index contributed by atoms with van der Waals surface area (Å²) in [6, 6.07) is 3.25. The summed E-state index contributed by atoms with van der Waals surface area (Å²) >= 11 is 5.91. The molecular weight excluding hydrogens is 295 g/mol. The first-order valence-electron chi connectivity index (χ1n) is 6.95. The second kappa shape index (κ2) is 6.43. The Morgan fingerprint density at radius 1 is 1.43 bits per heavy atom. The molecule has 21 heavy (non-hydrogen) atoms. The third kappa shape index (κ3) is 3.53. The van der Waals surface area contributed by atoms with Gasteiger partial charge in [0.15, 0.2) is 0 Å². The summed E-state index contributed by atoms with van der Waals surface area (Å²) in [7, 11) is 0. The molecule has 4 nitrogen and oxygen atoms in total. The van der Waals surface area contributed by atoms with Gasteiger partial charge in [-0.3, -0.25) is 9.59 Å². The quantitative estimate of drug-likeness (QED) is 0.929. The van der Waals surface area contributed by atoms with Crippen LogP contribution in [0, 0.1) is 11.7 Å². The maximum atomic E-state index is 13.0. The number of rotatable bonds is 4. The van der Waals surface area contributed by atoms with Crippen LogP contribution >= 0.6 is 11.6 Å². The molecule has 1 fully saturated rings. The second-order valence-corrected chi connectivity index (χ2v) is 5.90. The predicted octanol–water partition coefficient (Wildman–Crippen LogP) is 3.06. The number of carbonyl (C=O) groups is 2. The molecule has 1 aromatic rings. The molecule has 0 aliphatic carbocycles. The SMILES string of the molecule is CC(C)[C@H](C(=O)Nc1ccc(F)cc1Cl)N1CCCC1=O. The van der Waals surface area contributed by atoms with E-state index in [1.807, 2.05) is 13.8 Å². The van der Waals surface area contributed by atoms with E-state index in [1.54, 1.807) is 4.90 Å². The lowest BCUT2D eigenvalue weighted by Gasteiger charge is -2.30. The van der Waals surface area contributed by atoms with E-state index in [2.05, 4.69) is 5.32 Å². The number of hydrogen-bond donors (Lipinski definition) is 1. The standard InChI is InChI=1S/C15H18ClFN2O2/c1-9(2)14(19-7-3-4-13(19)20)15(21)18-12-6-5-10(17)8-11(12)16/h5-6,8-9,14H,3-4,7H2,1-2H3,(H,18,21)/t14-/m1/s1. The molecule has 1 aliphatic heterocycles. The van der Waals surface area contributed by atoms with Crippen molar-refractivity contribution in [2.45, 2.75) is 32.7 Å². The number of nitrogens with one attached hydrogen (secondary N) is 1. The first-order chi connectivity index (χ1) is 9.90. The lowest BCUT2D eigenvalue weighted by molar-refractivity contribution is -0.136. The zero-order valence-electron chi connectivity index (χ0n) is 12.0. The van der Waals surface area contributed by atoms with E-state index in [4.69, 9.17) is 11.6 Å². The van der Waals surface area contributed by atoms with E-state index in [9.17, 15) is 14.0 Å². The van der Waals surface area contributed by atoms with Crippen molar-refractivity contribution in [1.82, 2.24) is 4.90 Å². The van der Waals surface area contributed by atoms with Crippen LogP contribution in [-0.2, 0) is 9.59 Å². The molecule has 1 aliphatic rings. The Kier molecular flexibility index (Phi) is 4.83. The minimum Gasteiger partial charge on any atom is -0.330 e. The fraction of sp³-hybridized carbons (Fsp3) is 0.467. The maximum absolute atomic E-state index is 13.0. The van der Waals surface area contributed by atoms with E-state index < -0.39 is 11.9 Å². The normalized spacial score (nSPS) is 16.4. The topological polar surface area (TPSA) is 49.4 Å². The Morgan fingerprint density at radius 2 is 2.14 bits per heavy atom. The lowest BCUT2D eigenvalue weighted by atomic mass is 10.0. The van der Waals surface area contributed by atoms with Crippen molar-refractivity contribution in [3.63, 3.8) is 0 Å². The van der Waals surface area contributed by atoms with Crippen LogP contribution in [0.3, 0.4) is 0 Å². The van der Waals surface area contributed by atoms with Gasteiger partial charge in [0.25, 0.3) is 0 Å². The molecule has 1 aromatic carbocycles. The molecule has 2 rings (SSSR count). The molecule has 1 N–H and O–H groups in total. The molecule has 0 spiro atoms. The van der Waals surface area contributed by atoms with Crippen LogP contribution in [-0.4, -0.2) is 29.3 Å². The van der Waals surface area contributed by atoms with E-state index in [1.165, 1.54) is 12.1 Å². The van der Waals surface area contributed by atoms with Crippen LogP contribution in [0.25, 0.3) is 0 Å². The molecule has 1 heterocycles. The van der Waals surface area contributed by atoms with Gasteiger partial charge in [-0.05, 0) is 30.5 Å². The monoisotopic (exact) mass is 312 g/mol. The molecular formula is C15H18ClFN2O2. The van der Waals surface area contributed by atoms with Gasteiger partial charge in [-0.1, -0.05) is 25.4 Å². The highest BCUT2D eigenvalue weighted by atomic mass is 35.5. The first-order valence-corrected chi connectivity index (χ1v) is 7.33. The molecule has 114 valence electrons. The minimum atomic E-state index is -0.541. The van der Waals surface area contributed by atoms with Crippen molar-refractivity contribution >= 4 is 29.1 Å². The smallest absolute Gasteiger partial charge is 0.247 e. The van der Waals surface area contributed by atoms with Gasteiger partial charge in [0.1, 0.15) is 11.9 Å². The predicted molar refractivity (Wildman–Crippen MR) is 79.6 cm³/mol. The zero-order chi connectivity index (χ0) is 15.6. The van der Waals surface area contributed by atoms with Crippen molar-refractivity contribution in [3.05, 3.63) is 29.0 Å². The molecule has 6 heteroatoms. The van der Waals surface area contributed by atoms with Crippen molar-refractivity contribution < 1.29 is 14.0 Å². The highest BCUT2D eigenvalue weighted by Gasteiger charge is 2.35. The molecule has 0 unspecified atom stereocenters. The van der Waals surface area contributed by atoms with Crippen molar-refractivity contribution in [3.8, 4) is 0 Å². The van der Waals surface area contributed by atoms with Gasteiger partial charge in [0.2, 0.25) is 11.8 Å². The number of hydrogen-bond acceptors (Lipinski definition) is 2. The number of anilines is 1. The number of amides is 2. The van der Waals surface area contributed by atoms with Crippen LogP contribution in [0.2, 0.25) is 5.02 Å². The molecule has 1 atom stereocenters. The number of halogens is 2.